The number of hydrogen-bond donors (Lipinski definition) is 1. The molecule has 1 aliphatic heterocycles. The van der Waals surface area contributed by atoms with Gasteiger partial charge in [-0.2, -0.15) is 0 Å². The van der Waals surface area contributed by atoms with Crippen molar-refractivity contribution in [1.82, 2.24) is 14.8 Å². The van der Waals surface area contributed by atoms with E-state index in [2.05, 4.69) is 31.0 Å². The largest absolute Gasteiger partial charge is 0.314 e. The Hall–Kier alpha value is -1.13. The minimum Gasteiger partial charge on any atom is -0.314 e. The fourth-order valence-corrected chi connectivity index (χ4v) is 3.45. The summed E-state index contributed by atoms with van der Waals surface area (Å²) in [6.07, 6.45) is 4.60. The van der Waals surface area contributed by atoms with Gasteiger partial charge in [0.2, 0.25) is 0 Å². The van der Waals surface area contributed by atoms with Crippen LogP contribution in [-0.2, 0) is 6.54 Å². The van der Waals surface area contributed by atoms with E-state index in [1.807, 2.05) is 16.8 Å². The predicted octanol–water partition coefficient (Wildman–Crippen LogP) is 1.70. The summed E-state index contributed by atoms with van der Waals surface area (Å²) >= 11 is 0. The molecule has 116 valence electrons. The van der Waals surface area contributed by atoms with E-state index in [4.69, 9.17) is 0 Å². The molecule has 3 rings (SSSR count). The molecule has 1 aromatic rings. The fourth-order valence-electron chi connectivity index (χ4n) is 3.45. The van der Waals surface area contributed by atoms with Crippen LogP contribution in [0.15, 0.2) is 29.2 Å². The normalized spacial score (nSPS) is 29.5. The quantitative estimate of drug-likeness (QED) is 0.917. The van der Waals surface area contributed by atoms with Crippen molar-refractivity contribution < 1.29 is 0 Å². The highest BCUT2D eigenvalue weighted by Gasteiger charge is 2.47. The lowest BCUT2D eigenvalue weighted by atomic mass is 9.86. The Morgan fingerprint density at radius 3 is 2.67 bits per heavy atom. The van der Waals surface area contributed by atoms with Gasteiger partial charge in [-0.15, -0.1) is 0 Å². The summed E-state index contributed by atoms with van der Waals surface area (Å²) in [7, 11) is 0. The van der Waals surface area contributed by atoms with Crippen molar-refractivity contribution in [3.63, 3.8) is 0 Å². The van der Waals surface area contributed by atoms with Gasteiger partial charge in [-0.3, -0.25) is 9.69 Å². The van der Waals surface area contributed by atoms with Crippen molar-refractivity contribution in [1.29, 1.82) is 0 Å². The lowest BCUT2D eigenvalue weighted by molar-refractivity contribution is 0.0217. The van der Waals surface area contributed by atoms with Gasteiger partial charge in [-0.25, -0.2) is 0 Å². The number of hydrogen-bond acceptors (Lipinski definition) is 3. The number of pyridine rings is 1. The van der Waals surface area contributed by atoms with Crippen LogP contribution in [0, 0.1) is 5.92 Å². The monoisotopic (exact) mass is 289 g/mol. The zero-order chi connectivity index (χ0) is 15.1. The van der Waals surface area contributed by atoms with Gasteiger partial charge < -0.3 is 9.88 Å². The highest BCUT2D eigenvalue weighted by Crippen LogP contribution is 2.42. The Labute approximate surface area is 127 Å². The topological polar surface area (TPSA) is 37.3 Å². The van der Waals surface area contributed by atoms with Gasteiger partial charge in [0.05, 0.1) is 0 Å². The molecule has 0 bridgehead atoms. The number of nitrogens with one attached hydrogen (secondary N) is 1. The Morgan fingerprint density at radius 1 is 1.24 bits per heavy atom. The molecule has 4 nitrogen and oxygen atoms in total. The van der Waals surface area contributed by atoms with Crippen LogP contribution in [0.25, 0.3) is 0 Å². The number of rotatable bonds is 4. The van der Waals surface area contributed by atoms with Gasteiger partial charge in [-0.1, -0.05) is 6.07 Å². The van der Waals surface area contributed by atoms with Crippen LogP contribution < -0.4 is 10.9 Å². The number of nitrogens with zero attached hydrogens (tertiary/aromatic N) is 2. The lowest BCUT2D eigenvalue weighted by Gasteiger charge is -2.51. The standard InChI is InChI=1S/C17H27N3O/c1-16(2)12-18-17(3,14-7-8-14)13-20(16)11-10-19-9-5-4-6-15(19)21/h4-6,9,14,18H,7-8,10-13H2,1-3H3. The van der Waals surface area contributed by atoms with Crippen molar-refractivity contribution in [2.45, 2.75) is 51.2 Å². The maximum absolute atomic E-state index is 11.8. The smallest absolute Gasteiger partial charge is 0.250 e. The molecule has 1 aliphatic carbocycles. The van der Waals surface area contributed by atoms with Crippen LogP contribution >= 0.6 is 0 Å². The molecule has 1 saturated carbocycles. The first-order chi connectivity index (χ1) is 9.91. The third-order valence-electron chi connectivity index (χ3n) is 5.29. The third kappa shape index (κ3) is 3.06. The Kier molecular flexibility index (Phi) is 3.70. The van der Waals surface area contributed by atoms with Crippen molar-refractivity contribution in [2.24, 2.45) is 5.92 Å². The molecule has 1 aromatic heterocycles. The van der Waals surface area contributed by atoms with E-state index in [0.29, 0.717) is 0 Å². The number of aromatic nitrogens is 1. The molecule has 1 atom stereocenters. The first-order valence-electron chi connectivity index (χ1n) is 8.06. The first-order valence-corrected chi connectivity index (χ1v) is 8.06. The summed E-state index contributed by atoms with van der Waals surface area (Å²) in [5.41, 5.74) is 0.486. The van der Waals surface area contributed by atoms with Crippen molar-refractivity contribution in [2.75, 3.05) is 19.6 Å². The fraction of sp³-hybridized carbons (Fsp3) is 0.706. The van der Waals surface area contributed by atoms with Crippen molar-refractivity contribution in [3.05, 3.63) is 34.7 Å². The van der Waals surface area contributed by atoms with E-state index in [9.17, 15) is 4.79 Å². The molecule has 2 fully saturated rings. The molecule has 1 saturated heterocycles. The van der Waals surface area contributed by atoms with Gasteiger partial charge in [0.1, 0.15) is 0 Å². The minimum atomic E-state index is 0.0930. The summed E-state index contributed by atoms with van der Waals surface area (Å²) in [6.45, 7) is 10.7. The second-order valence-electron chi connectivity index (χ2n) is 7.51. The molecule has 1 N–H and O–H groups in total. The molecule has 2 aliphatic rings. The lowest BCUT2D eigenvalue weighted by Crippen LogP contribution is -2.68. The van der Waals surface area contributed by atoms with E-state index >= 15 is 0 Å². The summed E-state index contributed by atoms with van der Waals surface area (Å²) in [4.78, 5) is 14.4. The molecule has 0 aromatic carbocycles. The van der Waals surface area contributed by atoms with E-state index in [0.717, 1.165) is 32.1 Å². The Bertz CT molecular complexity index is 561. The first kappa shape index (κ1) is 14.8. The maximum Gasteiger partial charge on any atom is 0.250 e. The SMILES string of the molecule is CC1(C2CC2)CN(CCn2ccccc2=O)C(C)(C)CN1. The van der Waals surface area contributed by atoms with E-state index in [-0.39, 0.29) is 16.6 Å². The van der Waals surface area contributed by atoms with Gasteiger partial charge in [0.15, 0.2) is 0 Å². The second-order valence-corrected chi connectivity index (χ2v) is 7.51. The van der Waals surface area contributed by atoms with Crippen molar-refractivity contribution in [3.8, 4) is 0 Å². The Morgan fingerprint density at radius 2 is 2.00 bits per heavy atom. The molecular weight excluding hydrogens is 262 g/mol. The predicted molar refractivity (Wildman–Crippen MR) is 85.5 cm³/mol. The van der Waals surface area contributed by atoms with Crippen LogP contribution in [0.5, 0.6) is 0 Å². The van der Waals surface area contributed by atoms with Gasteiger partial charge in [0, 0.05) is 49.5 Å². The van der Waals surface area contributed by atoms with Gasteiger partial charge in [-0.05, 0) is 45.6 Å². The summed E-state index contributed by atoms with van der Waals surface area (Å²) in [6, 6.07) is 5.37. The van der Waals surface area contributed by atoms with Crippen LogP contribution in [0.4, 0.5) is 0 Å². The Balaban J connectivity index is 1.69. The highest BCUT2D eigenvalue weighted by molar-refractivity contribution is 5.06. The second kappa shape index (κ2) is 5.25. The maximum atomic E-state index is 11.8. The van der Waals surface area contributed by atoms with E-state index in [1.165, 1.54) is 12.8 Å². The molecule has 0 radical (unpaired) electrons. The average molecular weight is 289 g/mol. The molecule has 21 heavy (non-hydrogen) atoms. The van der Waals surface area contributed by atoms with E-state index in [1.54, 1.807) is 12.1 Å². The minimum absolute atomic E-state index is 0.0930. The molecular formula is C17H27N3O. The summed E-state index contributed by atoms with van der Waals surface area (Å²) in [5.74, 6) is 0.829. The summed E-state index contributed by atoms with van der Waals surface area (Å²) in [5, 5.41) is 3.78. The molecule has 2 heterocycles. The van der Waals surface area contributed by atoms with Gasteiger partial charge >= 0.3 is 0 Å². The summed E-state index contributed by atoms with van der Waals surface area (Å²) < 4.78 is 1.81. The molecule has 1 unspecified atom stereocenters. The molecule has 0 spiro atoms. The van der Waals surface area contributed by atoms with Gasteiger partial charge in [0.25, 0.3) is 5.56 Å². The third-order valence-corrected chi connectivity index (χ3v) is 5.29. The zero-order valence-corrected chi connectivity index (χ0v) is 13.4. The molecule has 4 heteroatoms. The van der Waals surface area contributed by atoms with E-state index < -0.39 is 0 Å². The average Bonchev–Trinajstić information content (AvgIpc) is 3.27. The highest BCUT2D eigenvalue weighted by atomic mass is 16.1. The van der Waals surface area contributed by atoms with Crippen LogP contribution in [0.2, 0.25) is 0 Å². The number of piperazine rings is 1. The zero-order valence-electron chi connectivity index (χ0n) is 13.4. The van der Waals surface area contributed by atoms with Crippen LogP contribution in [0.1, 0.15) is 33.6 Å². The van der Waals surface area contributed by atoms with Crippen LogP contribution in [0.3, 0.4) is 0 Å². The van der Waals surface area contributed by atoms with Crippen molar-refractivity contribution >= 4 is 0 Å². The van der Waals surface area contributed by atoms with Crippen LogP contribution in [-0.4, -0.2) is 40.2 Å². The molecule has 0 amide bonds.